The third-order valence-corrected chi connectivity index (χ3v) is 4.41. The number of non-ortho nitro benzene ring substituents is 1. The molecular formula is C17H19NO6. The Hall–Kier alpha value is -2.54. The molecule has 0 aliphatic heterocycles. The smallest absolute Gasteiger partial charge is 0.269 e. The summed E-state index contributed by atoms with van der Waals surface area (Å²) in [6.45, 7) is 3.97. The number of hydrogen-bond acceptors (Lipinski definition) is 6. The van der Waals surface area contributed by atoms with E-state index in [2.05, 4.69) is 0 Å². The highest BCUT2D eigenvalue weighted by molar-refractivity contribution is 5.97. The van der Waals surface area contributed by atoms with E-state index < -0.39 is 28.1 Å². The van der Waals surface area contributed by atoms with Crippen molar-refractivity contribution in [3.8, 4) is 0 Å². The highest BCUT2D eigenvalue weighted by Gasteiger charge is 2.49. The number of rotatable bonds is 4. The van der Waals surface area contributed by atoms with Crippen LogP contribution in [0.15, 0.2) is 35.6 Å². The zero-order chi connectivity index (χ0) is 18.2. The Morgan fingerprint density at radius 3 is 2.46 bits per heavy atom. The number of nitro groups is 1. The Kier molecular flexibility index (Phi) is 4.57. The van der Waals surface area contributed by atoms with Crippen molar-refractivity contribution >= 4 is 17.3 Å². The quantitative estimate of drug-likeness (QED) is 0.645. The summed E-state index contributed by atoms with van der Waals surface area (Å²) in [7, 11) is 0. The van der Waals surface area contributed by atoms with Crippen LogP contribution in [-0.2, 0) is 9.59 Å². The molecule has 7 nitrogen and oxygen atoms in total. The lowest BCUT2D eigenvalue weighted by molar-refractivity contribution is -0.384. The fourth-order valence-electron chi connectivity index (χ4n) is 3.54. The Bertz CT molecular complexity index is 749. The summed E-state index contributed by atoms with van der Waals surface area (Å²) in [4.78, 5) is 34.7. The number of carbonyl (C=O) groups excluding carboxylic acids is 2. The lowest BCUT2D eigenvalue weighted by Gasteiger charge is -2.41. The van der Waals surface area contributed by atoms with Crippen LogP contribution < -0.4 is 0 Å². The summed E-state index contributed by atoms with van der Waals surface area (Å²) in [6.07, 6.45) is -0.225. The number of allylic oxidation sites excluding steroid dienone is 1. The van der Waals surface area contributed by atoms with Crippen LogP contribution in [0.1, 0.15) is 38.7 Å². The Morgan fingerprint density at radius 2 is 1.96 bits per heavy atom. The largest absolute Gasteiger partial charge is 0.512 e. The molecule has 0 fully saturated rings. The highest BCUT2D eigenvalue weighted by Crippen LogP contribution is 2.47. The zero-order valence-corrected chi connectivity index (χ0v) is 13.6. The summed E-state index contributed by atoms with van der Waals surface area (Å²) in [6, 6.07) is 5.55. The van der Waals surface area contributed by atoms with Crippen molar-refractivity contribution in [2.24, 2.45) is 5.92 Å². The van der Waals surface area contributed by atoms with Gasteiger partial charge in [0.1, 0.15) is 11.5 Å². The van der Waals surface area contributed by atoms with Gasteiger partial charge in [-0.1, -0.05) is 12.1 Å². The lowest BCUT2D eigenvalue weighted by atomic mass is 9.64. The second kappa shape index (κ2) is 6.16. The molecule has 0 amide bonds. The van der Waals surface area contributed by atoms with Crippen LogP contribution in [-0.4, -0.2) is 32.3 Å². The van der Waals surface area contributed by atoms with E-state index in [0.717, 1.165) is 0 Å². The predicted octanol–water partition coefficient (Wildman–Crippen LogP) is 2.44. The van der Waals surface area contributed by atoms with Crippen molar-refractivity contribution in [1.82, 2.24) is 0 Å². The number of nitrogens with zero attached hydrogens (tertiary/aromatic N) is 1. The second-order valence-electron chi connectivity index (χ2n) is 6.37. The maximum absolute atomic E-state index is 12.2. The van der Waals surface area contributed by atoms with Crippen molar-refractivity contribution < 1.29 is 24.7 Å². The summed E-state index contributed by atoms with van der Waals surface area (Å²) < 4.78 is 0. The topological polar surface area (TPSA) is 118 Å². The zero-order valence-electron chi connectivity index (χ0n) is 13.6. The number of aliphatic hydroxyl groups is 2. The van der Waals surface area contributed by atoms with Crippen molar-refractivity contribution in [2.45, 2.75) is 38.7 Å². The van der Waals surface area contributed by atoms with Gasteiger partial charge in [0.2, 0.25) is 0 Å². The molecule has 1 aliphatic rings. The van der Waals surface area contributed by atoms with E-state index in [1.807, 2.05) is 0 Å². The molecule has 0 radical (unpaired) electrons. The molecule has 24 heavy (non-hydrogen) atoms. The summed E-state index contributed by atoms with van der Waals surface area (Å²) >= 11 is 0. The molecule has 0 unspecified atom stereocenters. The average molecular weight is 333 g/mol. The number of aliphatic hydroxyl groups excluding tert-OH is 1. The first kappa shape index (κ1) is 17.8. The normalized spacial score (nSPS) is 27.0. The van der Waals surface area contributed by atoms with E-state index in [1.54, 1.807) is 6.07 Å². The molecule has 0 aromatic heterocycles. The van der Waals surface area contributed by atoms with Gasteiger partial charge in [0.15, 0.2) is 5.78 Å². The summed E-state index contributed by atoms with van der Waals surface area (Å²) in [5.41, 5.74) is -1.41. The van der Waals surface area contributed by atoms with Crippen molar-refractivity contribution in [1.29, 1.82) is 0 Å². The lowest BCUT2D eigenvalue weighted by Crippen LogP contribution is -2.47. The average Bonchev–Trinajstić information content (AvgIpc) is 2.44. The molecule has 0 bridgehead atoms. The van der Waals surface area contributed by atoms with Gasteiger partial charge in [-0.25, -0.2) is 0 Å². The monoisotopic (exact) mass is 333 g/mol. The van der Waals surface area contributed by atoms with E-state index in [4.69, 9.17) is 0 Å². The Balaban J connectivity index is 2.73. The van der Waals surface area contributed by atoms with Crippen molar-refractivity contribution in [3.05, 3.63) is 51.3 Å². The van der Waals surface area contributed by atoms with E-state index >= 15 is 0 Å². The van der Waals surface area contributed by atoms with Gasteiger partial charge in [-0.05, 0) is 26.3 Å². The Labute approximate surface area is 138 Å². The standard InChI is InChI=1S/C17H19NO6/c1-9(19)14-13(21)8-17(3,22)16(10(2)20)15(14)11-5-4-6-12(7-11)18(23)24/h4-7,15-16,21-22H,8H2,1-3H3/t15-,16+,17+/m1/s1. The molecule has 1 aliphatic carbocycles. The summed E-state index contributed by atoms with van der Waals surface area (Å²) in [5, 5.41) is 31.9. The van der Waals surface area contributed by atoms with E-state index in [0.29, 0.717) is 5.56 Å². The van der Waals surface area contributed by atoms with Gasteiger partial charge >= 0.3 is 0 Å². The van der Waals surface area contributed by atoms with Gasteiger partial charge < -0.3 is 10.2 Å². The van der Waals surface area contributed by atoms with Crippen LogP contribution in [0.4, 0.5) is 5.69 Å². The number of Topliss-reactive ketones (excluding diaryl/α,β-unsaturated/α-hetero) is 2. The second-order valence-corrected chi connectivity index (χ2v) is 6.37. The molecule has 128 valence electrons. The van der Waals surface area contributed by atoms with Crippen LogP contribution >= 0.6 is 0 Å². The minimum Gasteiger partial charge on any atom is -0.512 e. The third-order valence-electron chi connectivity index (χ3n) is 4.41. The first-order valence-electron chi connectivity index (χ1n) is 7.46. The molecule has 2 rings (SSSR count). The number of hydrogen-bond donors (Lipinski definition) is 2. The molecule has 3 atom stereocenters. The van der Waals surface area contributed by atoms with Gasteiger partial charge in [0, 0.05) is 30.0 Å². The van der Waals surface area contributed by atoms with Crippen LogP contribution in [0.2, 0.25) is 0 Å². The first-order chi connectivity index (χ1) is 11.1. The molecule has 0 heterocycles. The minimum absolute atomic E-state index is 0.0159. The number of benzene rings is 1. The maximum Gasteiger partial charge on any atom is 0.269 e. The molecule has 0 spiro atoms. The third kappa shape index (κ3) is 3.07. The van der Waals surface area contributed by atoms with Gasteiger partial charge in [-0.15, -0.1) is 0 Å². The van der Waals surface area contributed by atoms with E-state index in [1.165, 1.54) is 39.0 Å². The molecule has 0 saturated carbocycles. The maximum atomic E-state index is 12.2. The molecule has 1 aromatic rings. The van der Waals surface area contributed by atoms with E-state index in [-0.39, 0.29) is 29.2 Å². The number of nitro benzene ring substituents is 1. The number of ketones is 2. The minimum atomic E-state index is -1.57. The SMILES string of the molecule is CC(=O)C1=C(O)C[C@](C)(O)[C@@H](C(C)=O)[C@@H]1c1cccc([N+](=O)[O-])c1. The van der Waals surface area contributed by atoms with Crippen molar-refractivity contribution in [2.75, 3.05) is 0 Å². The van der Waals surface area contributed by atoms with Crippen LogP contribution in [0, 0.1) is 16.0 Å². The van der Waals surface area contributed by atoms with Crippen LogP contribution in [0.3, 0.4) is 0 Å². The fraction of sp³-hybridized carbons (Fsp3) is 0.412. The van der Waals surface area contributed by atoms with Gasteiger partial charge in [0.25, 0.3) is 5.69 Å². The molecule has 7 heteroatoms. The van der Waals surface area contributed by atoms with Gasteiger partial charge in [-0.3, -0.25) is 19.7 Å². The van der Waals surface area contributed by atoms with Gasteiger partial charge in [0.05, 0.1) is 16.4 Å². The molecule has 0 saturated heterocycles. The highest BCUT2D eigenvalue weighted by atomic mass is 16.6. The van der Waals surface area contributed by atoms with Gasteiger partial charge in [-0.2, -0.15) is 0 Å². The predicted molar refractivity (Wildman–Crippen MR) is 85.6 cm³/mol. The molecule has 1 aromatic carbocycles. The first-order valence-corrected chi connectivity index (χ1v) is 7.46. The molecule has 2 N–H and O–H groups in total. The fourth-order valence-corrected chi connectivity index (χ4v) is 3.54. The van der Waals surface area contributed by atoms with Crippen molar-refractivity contribution in [3.63, 3.8) is 0 Å². The van der Waals surface area contributed by atoms with Crippen LogP contribution in [0.25, 0.3) is 0 Å². The van der Waals surface area contributed by atoms with E-state index in [9.17, 15) is 29.9 Å². The van der Waals surface area contributed by atoms with Crippen LogP contribution in [0.5, 0.6) is 0 Å². The number of carbonyl (C=O) groups is 2. The summed E-state index contributed by atoms with van der Waals surface area (Å²) in [5.74, 6) is -3.02. The Morgan fingerprint density at radius 1 is 1.33 bits per heavy atom. The molecular weight excluding hydrogens is 314 g/mol.